The fourth-order valence-electron chi connectivity index (χ4n) is 2.38. The number of hydrogen-bond donors (Lipinski definition) is 2. The first kappa shape index (κ1) is 17.1. The molecule has 0 aliphatic carbocycles. The number of aliphatic hydroxyl groups excluding tert-OH is 1. The Labute approximate surface area is 135 Å². The van der Waals surface area contributed by atoms with Crippen molar-refractivity contribution < 1.29 is 9.90 Å². The number of aryl methyl sites for hydroxylation is 1. The molecule has 0 aliphatic heterocycles. The standard InChI is InChI=1S/C17H23N3O3/c1-2-3-11-20-17(23)14-9-5-4-8-13(14)15(19-20)16(22)18-10-6-7-12-21/h4-5,8-9,21H,2-3,6-7,10-12H2,1H3,(H,18,22). The van der Waals surface area contributed by atoms with Gasteiger partial charge in [0.2, 0.25) is 0 Å². The van der Waals surface area contributed by atoms with Gasteiger partial charge in [0.05, 0.1) is 5.39 Å². The van der Waals surface area contributed by atoms with Crippen LogP contribution in [0, 0.1) is 0 Å². The van der Waals surface area contributed by atoms with E-state index < -0.39 is 0 Å². The molecule has 0 spiro atoms. The highest BCUT2D eigenvalue weighted by Crippen LogP contribution is 2.13. The molecule has 2 aromatic rings. The van der Waals surface area contributed by atoms with Crippen molar-refractivity contribution in [2.45, 2.75) is 39.2 Å². The topological polar surface area (TPSA) is 84.2 Å². The Balaban J connectivity index is 2.35. The normalized spacial score (nSPS) is 10.9. The Hall–Kier alpha value is -2.21. The van der Waals surface area contributed by atoms with E-state index in [-0.39, 0.29) is 23.8 Å². The van der Waals surface area contributed by atoms with Gasteiger partial charge in [-0.15, -0.1) is 0 Å². The third-order valence-corrected chi connectivity index (χ3v) is 3.68. The Kier molecular flexibility index (Phi) is 6.29. The van der Waals surface area contributed by atoms with Crippen LogP contribution >= 0.6 is 0 Å². The van der Waals surface area contributed by atoms with E-state index in [1.807, 2.05) is 6.92 Å². The van der Waals surface area contributed by atoms with E-state index in [9.17, 15) is 9.59 Å². The van der Waals surface area contributed by atoms with Crippen LogP contribution in [-0.4, -0.2) is 33.9 Å². The second-order valence-electron chi connectivity index (χ2n) is 5.46. The average Bonchev–Trinajstić information content (AvgIpc) is 2.58. The van der Waals surface area contributed by atoms with Crippen molar-refractivity contribution in [2.75, 3.05) is 13.2 Å². The predicted molar refractivity (Wildman–Crippen MR) is 89.6 cm³/mol. The van der Waals surface area contributed by atoms with E-state index >= 15 is 0 Å². The summed E-state index contributed by atoms with van der Waals surface area (Å²) in [6.07, 6.45) is 3.13. The van der Waals surface area contributed by atoms with Crippen molar-refractivity contribution in [3.05, 3.63) is 40.3 Å². The molecule has 0 radical (unpaired) electrons. The molecule has 1 aromatic heterocycles. The van der Waals surface area contributed by atoms with Crippen molar-refractivity contribution in [1.82, 2.24) is 15.1 Å². The minimum atomic E-state index is -0.288. The predicted octanol–water partition coefficient (Wildman–Crippen LogP) is 1.70. The van der Waals surface area contributed by atoms with Crippen LogP contribution in [0.2, 0.25) is 0 Å². The molecule has 0 atom stereocenters. The molecule has 0 saturated carbocycles. The van der Waals surface area contributed by atoms with Crippen molar-refractivity contribution in [1.29, 1.82) is 0 Å². The molecule has 23 heavy (non-hydrogen) atoms. The molecule has 2 rings (SSSR count). The summed E-state index contributed by atoms with van der Waals surface area (Å²) in [5.41, 5.74) is 0.117. The van der Waals surface area contributed by atoms with E-state index in [2.05, 4.69) is 10.4 Å². The van der Waals surface area contributed by atoms with E-state index in [0.717, 1.165) is 12.8 Å². The third kappa shape index (κ3) is 4.16. The van der Waals surface area contributed by atoms with Gasteiger partial charge >= 0.3 is 0 Å². The summed E-state index contributed by atoms with van der Waals surface area (Å²) in [5.74, 6) is -0.288. The molecule has 1 heterocycles. The number of aliphatic hydroxyl groups is 1. The molecule has 0 aliphatic rings. The van der Waals surface area contributed by atoms with Crippen LogP contribution < -0.4 is 10.9 Å². The number of fused-ring (bicyclic) bond motifs is 1. The van der Waals surface area contributed by atoms with Crippen LogP contribution in [0.4, 0.5) is 0 Å². The van der Waals surface area contributed by atoms with Crippen LogP contribution in [-0.2, 0) is 6.54 Å². The molecule has 2 N–H and O–H groups in total. The minimum absolute atomic E-state index is 0.110. The zero-order chi connectivity index (χ0) is 16.7. The molecule has 0 fully saturated rings. The molecule has 0 bridgehead atoms. The lowest BCUT2D eigenvalue weighted by Gasteiger charge is -2.11. The van der Waals surface area contributed by atoms with E-state index in [4.69, 9.17) is 5.11 Å². The first-order chi connectivity index (χ1) is 11.2. The van der Waals surface area contributed by atoms with Gasteiger partial charge in [0.25, 0.3) is 11.5 Å². The van der Waals surface area contributed by atoms with Gasteiger partial charge < -0.3 is 10.4 Å². The second kappa shape index (κ2) is 8.43. The quantitative estimate of drug-likeness (QED) is 0.726. The van der Waals surface area contributed by atoms with E-state index in [1.54, 1.807) is 24.3 Å². The summed E-state index contributed by atoms with van der Waals surface area (Å²) in [7, 11) is 0. The highest BCUT2D eigenvalue weighted by Gasteiger charge is 2.15. The lowest BCUT2D eigenvalue weighted by Crippen LogP contribution is -2.31. The van der Waals surface area contributed by atoms with Gasteiger partial charge in [-0.25, -0.2) is 4.68 Å². The van der Waals surface area contributed by atoms with Gasteiger partial charge in [0.1, 0.15) is 0 Å². The number of nitrogens with one attached hydrogen (secondary N) is 1. The summed E-state index contributed by atoms with van der Waals surface area (Å²) in [6, 6.07) is 7.06. The van der Waals surface area contributed by atoms with Crippen LogP contribution in [0.1, 0.15) is 43.1 Å². The smallest absolute Gasteiger partial charge is 0.274 e. The van der Waals surface area contributed by atoms with Crippen LogP contribution in [0.25, 0.3) is 10.8 Å². The van der Waals surface area contributed by atoms with Crippen LogP contribution in [0.3, 0.4) is 0 Å². The Morgan fingerprint density at radius 2 is 1.96 bits per heavy atom. The molecular weight excluding hydrogens is 294 g/mol. The number of unbranched alkanes of at least 4 members (excludes halogenated alkanes) is 2. The summed E-state index contributed by atoms with van der Waals surface area (Å²) in [6.45, 7) is 3.13. The third-order valence-electron chi connectivity index (χ3n) is 3.68. The van der Waals surface area contributed by atoms with Crippen molar-refractivity contribution in [3.8, 4) is 0 Å². The summed E-state index contributed by atoms with van der Waals surface area (Å²) in [4.78, 5) is 24.9. The Morgan fingerprint density at radius 1 is 1.22 bits per heavy atom. The van der Waals surface area contributed by atoms with Gasteiger partial charge in [-0.3, -0.25) is 9.59 Å². The molecule has 1 amide bonds. The number of carbonyl (C=O) groups is 1. The highest BCUT2D eigenvalue weighted by molar-refractivity contribution is 6.04. The lowest BCUT2D eigenvalue weighted by atomic mass is 10.1. The fourth-order valence-corrected chi connectivity index (χ4v) is 2.38. The van der Waals surface area contributed by atoms with E-state index in [0.29, 0.717) is 36.7 Å². The molecule has 1 aromatic carbocycles. The summed E-state index contributed by atoms with van der Waals surface area (Å²) >= 11 is 0. The average molecular weight is 317 g/mol. The fraction of sp³-hybridized carbons (Fsp3) is 0.471. The minimum Gasteiger partial charge on any atom is -0.396 e. The van der Waals surface area contributed by atoms with Crippen LogP contribution in [0.5, 0.6) is 0 Å². The number of carbonyl (C=O) groups excluding carboxylic acids is 1. The van der Waals surface area contributed by atoms with Crippen LogP contribution in [0.15, 0.2) is 29.1 Å². The zero-order valence-corrected chi connectivity index (χ0v) is 13.4. The summed E-state index contributed by atoms with van der Waals surface area (Å²) in [5, 5.41) is 16.9. The number of hydrogen-bond acceptors (Lipinski definition) is 4. The monoisotopic (exact) mass is 317 g/mol. The first-order valence-electron chi connectivity index (χ1n) is 8.08. The first-order valence-corrected chi connectivity index (χ1v) is 8.08. The van der Waals surface area contributed by atoms with Crippen molar-refractivity contribution in [3.63, 3.8) is 0 Å². The van der Waals surface area contributed by atoms with Gasteiger partial charge in [0.15, 0.2) is 5.69 Å². The second-order valence-corrected chi connectivity index (χ2v) is 5.46. The number of benzene rings is 1. The molecule has 0 unspecified atom stereocenters. The Bertz CT molecular complexity index is 725. The highest BCUT2D eigenvalue weighted by atomic mass is 16.3. The number of nitrogens with zero attached hydrogens (tertiary/aromatic N) is 2. The Morgan fingerprint density at radius 3 is 2.65 bits per heavy atom. The molecule has 124 valence electrons. The number of aromatic nitrogens is 2. The maximum atomic E-state index is 12.4. The maximum absolute atomic E-state index is 12.4. The number of amides is 1. The summed E-state index contributed by atoms with van der Waals surface area (Å²) < 4.78 is 1.38. The number of rotatable bonds is 8. The van der Waals surface area contributed by atoms with E-state index in [1.165, 1.54) is 4.68 Å². The van der Waals surface area contributed by atoms with Crippen molar-refractivity contribution in [2.24, 2.45) is 0 Å². The van der Waals surface area contributed by atoms with Crippen molar-refractivity contribution >= 4 is 16.7 Å². The lowest BCUT2D eigenvalue weighted by molar-refractivity contribution is 0.0946. The maximum Gasteiger partial charge on any atom is 0.274 e. The SMILES string of the molecule is CCCCn1nc(C(=O)NCCCCO)c2ccccc2c1=O. The van der Waals surface area contributed by atoms with Gasteiger partial charge in [-0.1, -0.05) is 31.5 Å². The molecule has 6 heteroatoms. The van der Waals surface area contributed by atoms with Gasteiger partial charge in [0, 0.05) is 25.1 Å². The van der Waals surface area contributed by atoms with Gasteiger partial charge in [-0.05, 0) is 25.3 Å². The molecular formula is C17H23N3O3. The largest absolute Gasteiger partial charge is 0.396 e. The molecule has 6 nitrogen and oxygen atoms in total. The van der Waals surface area contributed by atoms with Gasteiger partial charge in [-0.2, -0.15) is 5.10 Å². The molecule has 0 saturated heterocycles. The zero-order valence-electron chi connectivity index (χ0n) is 13.4.